The molecule has 0 heterocycles. The maximum Gasteiger partial charge on any atom is 0.310 e. The second kappa shape index (κ2) is 8.82. The summed E-state index contributed by atoms with van der Waals surface area (Å²) < 4.78 is 5.49. The maximum absolute atomic E-state index is 12.3. The molecule has 0 aliphatic rings. The van der Waals surface area contributed by atoms with Crippen molar-refractivity contribution in [2.75, 3.05) is 6.54 Å². The lowest BCUT2D eigenvalue weighted by molar-refractivity contribution is -0.386. The van der Waals surface area contributed by atoms with Crippen LogP contribution >= 0.6 is 0 Å². The summed E-state index contributed by atoms with van der Waals surface area (Å²) >= 11 is 0. The van der Waals surface area contributed by atoms with Crippen molar-refractivity contribution in [2.45, 2.75) is 32.3 Å². The molecule has 0 fully saturated rings. The van der Waals surface area contributed by atoms with E-state index in [-0.39, 0.29) is 23.3 Å². The van der Waals surface area contributed by atoms with Gasteiger partial charge in [-0.3, -0.25) is 14.9 Å². The average Bonchev–Trinajstić information content (AvgIpc) is 2.63. The number of para-hydroxylation sites is 2. The predicted molar refractivity (Wildman–Crippen MR) is 95.7 cm³/mol. The lowest BCUT2D eigenvalue weighted by Crippen LogP contribution is -2.38. The fraction of sp³-hybridized carbons (Fsp3) is 0.316. The maximum atomic E-state index is 12.3. The first-order valence-electron chi connectivity index (χ1n) is 8.25. The van der Waals surface area contributed by atoms with Crippen molar-refractivity contribution < 1.29 is 14.5 Å². The average molecular weight is 342 g/mol. The van der Waals surface area contributed by atoms with Crippen molar-refractivity contribution >= 4 is 11.6 Å². The highest BCUT2D eigenvalue weighted by Gasteiger charge is 2.21. The highest BCUT2D eigenvalue weighted by Crippen LogP contribution is 2.26. The van der Waals surface area contributed by atoms with Crippen LogP contribution in [-0.2, 0) is 4.79 Å². The number of rotatable bonds is 8. The Labute approximate surface area is 147 Å². The number of nitrogens with one attached hydrogen (secondary N) is 1. The largest absolute Gasteiger partial charge is 0.474 e. The minimum atomic E-state index is -0.825. The van der Waals surface area contributed by atoms with Gasteiger partial charge in [-0.05, 0) is 25.0 Å². The molecule has 0 spiro atoms. The van der Waals surface area contributed by atoms with Gasteiger partial charge in [-0.1, -0.05) is 49.4 Å². The standard InChI is InChI=1S/C19H22N2O4/c1-3-15(16-9-5-4-6-10-16)13-20-19(22)14(2)25-18-12-8-7-11-17(18)21(23)24/h4-12,14-15H,3,13H2,1-2H3,(H,20,22)/t14-,15-/m1/s1. The minimum absolute atomic E-state index is 0.0882. The predicted octanol–water partition coefficient (Wildman–Crippen LogP) is 3.67. The molecule has 6 nitrogen and oxygen atoms in total. The van der Waals surface area contributed by atoms with E-state index >= 15 is 0 Å². The van der Waals surface area contributed by atoms with Gasteiger partial charge >= 0.3 is 5.69 Å². The van der Waals surface area contributed by atoms with E-state index in [1.165, 1.54) is 12.1 Å². The van der Waals surface area contributed by atoms with E-state index in [1.807, 2.05) is 30.3 Å². The molecule has 6 heteroatoms. The van der Waals surface area contributed by atoms with Gasteiger partial charge in [0.15, 0.2) is 11.9 Å². The number of benzene rings is 2. The van der Waals surface area contributed by atoms with Crippen LogP contribution in [0.1, 0.15) is 31.7 Å². The molecule has 1 N–H and O–H groups in total. The van der Waals surface area contributed by atoms with Crippen LogP contribution in [0.3, 0.4) is 0 Å². The van der Waals surface area contributed by atoms with Gasteiger partial charge in [-0.2, -0.15) is 0 Å². The van der Waals surface area contributed by atoms with Crippen LogP contribution in [0.15, 0.2) is 54.6 Å². The normalized spacial score (nSPS) is 12.9. The topological polar surface area (TPSA) is 81.5 Å². The summed E-state index contributed by atoms with van der Waals surface area (Å²) in [5.41, 5.74) is 1.01. The van der Waals surface area contributed by atoms with E-state index in [2.05, 4.69) is 12.2 Å². The molecule has 0 aliphatic carbocycles. The molecule has 0 saturated heterocycles. The number of carbonyl (C=O) groups excluding carboxylic acids is 1. The molecule has 0 aromatic heterocycles. The Balaban J connectivity index is 1.95. The van der Waals surface area contributed by atoms with Gasteiger partial charge in [0.05, 0.1) is 4.92 Å². The van der Waals surface area contributed by atoms with Gasteiger partial charge in [0.1, 0.15) is 0 Å². The van der Waals surface area contributed by atoms with Gasteiger partial charge in [0.25, 0.3) is 5.91 Å². The molecule has 2 atom stereocenters. The first kappa shape index (κ1) is 18.4. The van der Waals surface area contributed by atoms with Crippen molar-refractivity contribution in [2.24, 2.45) is 0 Å². The van der Waals surface area contributed by atoms with Crippen LogP contribution < -0.4 is 10.1 Å². The fourth-order valence-electron chi connectivity index (χ4n) is 2.54. The van der Waals surface area contributed by atoms with Crippen LogP contribution in [0.5, 0.6) is 5.75 Å². The third-order valence-electron chi connectivity index (χ3n) is 4.02. The summed E-state index contributed by atoms with van der Waals surface area (Å²) in [6.45, 7) is 4.14. The Bertz CT molecular complexity index is 718. The SMILES string of the molecule is CC[C@H](CNC(=O)[C@@H](C)Oc1ccccc1[N+](=O)[O-])c1ccccc1. The number of carbonyl (C=O) groups is 1. The molecule has 25 heavy (non-hydrogen) atoms. The Morgan fingerprint density at radius 1 is 1.16 bits per heavy atom. The van der Waals surface area contributed by atoms with E-state index in [0.717, 1.165) is 12.0 Å². The van der Waals surface area contributed by atoms with Crippen molar-refractivity contribution in [3.63, 3.8) is 0 Å². The third kappa shape index (κ3) is 5.04. The van der Waals surface area contributed by atoms with Crippen molar-refractivity contribution in [3.8, 4) is 5.75 Å². The third-order valence-corrected chi connectivity index (χ3v) is 4.02. The Morgan fingerprint density at radius 2 is 1.80 bits per heavy atom. The number of hydrogen-bond acceptors (Lipinski definition) is 4. The highest BCUT2D eigenvalue weighted by molar-refractivity contribution is 5.80. The number of hydrogen-bond donors (Lipinski definition) is 1. The van der Waals surface area contributed by atoms with E-state index < -0.39 is 11.0 Å². The minimum Gasteiger partial charge on any atom is -0.474 e. The second-order valence-corrected chi connectivity index (χ2v) is 5.75. The first-order valence-corrected chi connectivity index (χ1v) is 8.25. The van der Waals surface area contributed by atoms with Gasteiger partial charge in [0.2, 0.25) is 0 Å². The molecular weight excluding hydrogens is 320 g/mol. The molecule has 1 amide bonds. The molecule has 2 rings (SSSR count). The molecule has 0 bridgehead atoms. The van der Waals surface area contributed by atoms with Crippen LogP contribution in [0.2, 0.25) is 0 Å². The van der Waals surface area contributed by atoms with Crippen LogP contribution in [0, 0.1) is 10.1 Å². The van der Waals surface area contributed by atoms with Crippen LogP contribution in [0.25, 0.3) is 0 Å². The van der Waals surface area contributed by atoms with E-state index in [0.29, 0.717) is 6.54 Å². The molecular formula is C19H22N2O4. The van der Waals surface area contributed by atoms with Gasteiger partial charge in [-0.25, -0.2) is 0 Å². The zero-order valence-corrected chi connectivity index (χ0v) is 14.3. The first-order chi connectivity index (χ1) is 12.0. The van der Waals surface area contributed by atoms with Crippen LogP contribution in [0.4, 0.5) is 5.69 Å². The monoisotopic (exact) mass is 342 g/mol. The Hall–Kier alpha value is -2.89. The zero-order chi connectivity index (χ0) is 18.2. The molecule has 2 aromatic rings. The number of ether oxygens (including phenoxy) is 1. The van der Waals surface area contributed by atoms with Crippen molar-refractivity contribution in [3.05, 3.63) is 70.3 Å². The molecule has 132 valence electrons. The zero-order valence-electron chi connectivity index (χ0n) is 14.3. The quantitative estimate of drug-likeness (QED) is 0.586. The van der Waals surface area contributed by atoms with Gasteiger partial charge < -0.3 is 10.1 Å². The molecule has 0 unspecified atom stereocenters. The number of nitrogens with zero attached hydrogens (tertiary/aromatic N) is 1. The van der Waals surface area contributed by atoms with E-state index in [9.17, 15) is 14.9 Å². The summed E-state index contributed by atoms with van der Waals surface area (Å²) in [6, 6.07) is 16.0. The Kier molecular flexibility index (Phi) is 6.51. The fourth-order valence-corrected chi connectivity index (χ4v) is 2.54. The molecule has 2 aromatic carbocycles. The Morgan fingerprint density at radius 3 is 2.44 bits per heavy atom. The molecule has 0 aliphatic heterocycles. The van der Waals surface area contributed by atoms with Gasteiger partial charge in [-0.15, -0.1) is 0 Å². The van der Waals surface area contributed by atoms with Crippen molar-refractivity contribution in [1.82, 2.24) is 5.32 Å². The van der Waals surface area contributed by atoms with Crippen molar-refractivity contribution in [1.29, 1.82) is 0 Å². The number of amides is 1. The summed E-state index contributed by atoms with van der Waals surface area (Å²) in [5, 5.41) is 13.9. The summed E-state index contributed by atoms with van der Waals surface area (Å²) in [6.07, 6.45) is 0.0679. The van der Waals surface area contributed by atoms with E-state index in [1.54, 1.807) is 19.1 Å². The number of nitro benzene ring substituents is 1. The van der Waals surface area contributed by atoms with Gasteiger partial charge in [0, 0.05) is 18.5 Å². The second-order valence-electron chi connectivity index (χ2n) is 5.75. The lowest BCUT2D eigenvalue weighted by Gasteiger charge is -2.19. The molecule has 0 saturated carbocycles. The molecule has 0 radical (unpaired) electrons. The number of nitro groups is 1. The lowest BCUT2D eigenvalue weighted by atomic mass is 9.96. The van der Waals surface area contributed by atoms with Crippen LogP contribution in [-0.4, -0.2) is 23.5 Å². The summed E-state index contributed by atoms with van der Waals surface area (Å²) in [7, 11) is 0. The summed E-state index contributed by atoms with van der Waals surface area (Å²) in [4.78, 5) is 22.8. The summed E-state index contributed by atoms with van der Waals surface area (Å²) in [5.74, 6) is 0.00111. The van der Waals surface area contributed by atoms with E-state index in [4.69, 9.17) is 4.74 Å². The highest BCUT2D eigenvalue weighted by atomic mass is 16.6. The smallest absolute Gasteiger partial charge is 0.310 e.